The van der Waals surface area contributed by atoms with E-state index in [9.17, 15) is 14.4 Å². The van der Waals surface area contributed by atoms with Crippen LogP contribution >= 0.6 is 0 Å². The van der Waals surface area contributed by atoms with Gasteiger partial charge in [0, 0.05) is 40.3 Å². The van der Waals surface area contributed by atoms with Crippen molar-refractivity contribution in [1.29, 1.82) is 0 Å². The second-order valence-electron chi connectivity index (χ2n) is 7.13. The Kier molecular flexibility index (Phi) is 5.34. The summed E-state index contributed by atoms with van der Waals surface area (Å²) in [5, 5.41) is 4.46. The molecule has 0 aliphatic rings. The van der Waals surface area contributed by atoms with Crippen LogP contribution in [0.3, 0.4) is 0 Å². The molecule has 1 amide bonds. The molecule has 2 aromatic carbocycles. The van der Waals surface area contributed by atoms with Gasteiger partial charge in [0.05, 0.1) is 12.1 Å². The fraction of sp³-hybridized carbons (Fsp3) is 0.174. The standard InChI is InChI=1S/C23H21N3O4/c1-14(27)5-4-10-30-23(29)25-16-9-8-15-11-18(22(28)26-21(15)12-16)19-13-24-20-7-3-2-6-17(19)20/h2-3,6-9,11-13,24H,4-5,10H2,1H3,(H,25,29)(H,26,28). The van der Waals surface area contributed by atoms with Crippen LogP contribution in [-0.2, 0) is 9.53 Å². The number of fused-ring (bicyclic) bond motifs is 2. The van der Waals surface area contributed by atoms with E-state index in [0.29, 0.717) is 29.6 Å². The van der Waals surface area contributed by atoms with E-state index < -0.39 is 6.09 Å². The number of para-hydroxylation sites is 1. The third-order valence-corrected chi connectivity index (χ3v) is 4.88. The molecule has 7 nitrogen and oxygen atoms in total. The Labute approximate surface area is 172 Å². The monoisotopic (exact) mass is 403 g/mol. The van der Waals surface area contributed by atoms with Crippen LogP contribution in [0.15, 0.2) is 59.5 Å². The maximum atomic E-state index is 12.7. The Hall–Kier alpha value is -3.87. The number of carbonyl (C=O) groups excluding carboxylic acids is 2. The lowest BCUT2D eigenvalue weighted by molar-refractivity contribution is -0.117. The Balaban J connectivity index is 1.55. The molecule has 0 saturated heterocycles. The molecule has 7 heteroatoms. The maximum Gasteiger partial charge on any atom is 0.411 e. The van der Waals surface area contributed by atoms with Gasteiger partial charge in [-0.1, -0.05) is 24.3 Å². The van der Waals surface area contributed by atoms with Crippen LogP contribution in [0.1, 0.15) is 19.8 Å². The van der Waals surface area contributed by atoms with Crippen LogP contribution in [0, 0.1) is 0 Å². The first-order chi connectivity index (χ1) is 14.5. The van der Waals surface area contributed by atoms with Crippen molar-refractivity contribution in [2.75, 3.05) is 11.9 Å². The maximum absolute atomic E-state index is 12.7. The van der Waals surface area contributed by atoms with Gasteiger partial charge in [-0.3, -0.25) is 10.1 Å². The smallest absolute Gasteiger partial charge is 0.411 e. The molecule has 0 aliphatic heterocycles. The molecule has 0 aliphatic carbocycles. The quantitative estimate of drug-likeness (QED) is 0.409. The highest BCUT2D eigenvalue weighted by atomic mass is 16.5. The second-order valence-corrected chi connectivity index (χ2v) is 7.13. The molecule has 4 aromatic rings. The number of anilines is 1. The van der Waals surface area contributed by atoms with Gasteiger partial charge in [-0.25, -0.2) is 4.79 Å². The van der Waals surface area contributed by atoms with Crippen molar-refractivity contribution in [3.05, 3.63) is 65.1 Å². The summed E-state index contributed by atoms with van der Waals surface area (Å²) in [4.78, 5) is 41.6. The second kappa shape index (κ2) is 8.24. The van der Waals surface area contributed by atoms with E-state index in [1.165, 1.54) is 6.92 Å². The number of carbonyl (C=O) groups is 2. The summed E-state index contributed by atoms with van der Waals surface area (Å²) in [6.07, 6.45) is 2.10. The average molecular weight is 403 g/mol. The number of aromatic nitrogens is 2. The molecular formula is C23H21N3O4. The van der Waals surface area contributed by atoms with Crippen molar-refractivity contribution >= 4 is 39.4 Å². The molecule has 0 unspecified atom stereocenters. The van der Waals surface area contributed by atoms with Gasteiger partial charge < -0.3 is 19.5 Å². The lowest BCUT2D eigenvalue weighted by atomic mass is 10.0. The van der Waals surface area contributed by atoms with Gasteiger partial charge in [-0.15, -0.1) is 0 Å². The van der Waals surface area contributed by atoms with Crippen molar-refractivity contribution in [3.8, 4) is 11.1 Å². The van der Waals surface area contributed by atoms with Gasteiger partial charge >= 0.3 is 6.09 Å². The van der Waals surface area contributed by atoms with E-state index in [2.05, 4.69) is 15.3 Å². The van der Waals surface area contributed by atoms with E-state index in [1.54, 1.807) is 12.1 Å². The zero-order valence-electron chi connectivity index (χ0n) is 16.5. The SMILES string of the molecule is CC(=O)CCCOC(=O)Nc1ccc2cc(-c3c[nH]c4ccccc34)c(=O)[nH]c2c1. The Morgan fingerprint density at radius 3 is 2.70 bits per heavy atom. The number of rotatable bonds is 6. The van der Waals surface area contributed by atoms with Crippen LogP contribution in [0.5, 0.6) is 0 Å². The molecule has 2 heterocycles. The largest absolute Gasteiger partial charge is 0.449 e. The number of benzene rings is 2. The van der Waals surface area contributed by atoms with Crippen molar-refractivity contribution in [2.45, 2.75) is 19.8 Å². The first-order valence-corrected chi connectivity index (χ1v) is 9.68. The van der Waals surface area contributed by atoms with Crippen molar-refractivity contribution < 1.29 is 14.3 Å². The number of amides is 1. The number of ketones is 1. The van der Waals surface area contributed by atoms with E-state index in [4.69, 9.17) is 4.74 Å². The molecule has 2 aromatic heterocycles. The van der Waals surface area contributed by atoms with Crippen molar-refractivity contribution in [3.63, 3.8) is 0 Å². The van der Waals surface area contributed by atoms with Gasteiger partial charge in [0.25, 0.3) is 5.56 Å². The van der Waals surface area contributed by atoms with Crippen LogP contribution in [0.4, 0.5) is 10.5 Å². The van der Waals surface area contributed by atoms with Gasteiger partial charge in [-0.2, -0.15) is 0 Å². The third-order valence-electron chi connectivity index (χ3n) is 4.88. The summed E-state index contributed by atoms with van der Waals surface area (Å²) in [5.41, 5.74) is 3.28. The molecule has 0 saturated carbocycles. The minimum atomic E-state index is -0.601. The minimum Gasteiger partial charge on any atom is -0.449 e. The van der Waals surface area contributed by atoms with Crippen LogP contribution in [0.2, 0.25) is 0 Å². The molecule has 0 fully saturated rings. The van der Waals surface area contributed by atoms with E-state index in [1.807, 2.05) is 42.6 Å². The Bertz CT molecular complexity index is 1300. The molecular weight excluding hydrogens is 382 g/mol. The molecule has 30 heavy (non-hydrogen) atoms. The highest BCUT2D eigenvalue weighted by Gasteiger charge is 2.11. The number of hydrogen-bond acceptors (Lipinski definition) is 4. The highest BCUT2D eigenvalue weighted by Crippen LogP contribution is 2.28. The van der Waals surface area contributed by atoms with Crippen molar-refractivity contribution in [2.24, 2.45) is 0 Å². The fourth-order valence-electron chi connectivity index (χ4n) is 3.41. The number of H-pyrrole nitrogens is 2. The number of aromatic amines is 2. The molecule has 0 radical (unpaired) electrons. The molecule has 152 valence electrons. The number of pyridine rings is 1. The number of ether oxygens (including phenoxy) is 1. The van der Waals surface area contributed by atoms with Gasteiger partial charge in [0.15, 0.2) is 0 Å². The first kappa shape index (κ1) is 19.4. The van der Waals surface area contributed by atoms with Crippen molar-refractivity contribution in [1.82, 2.24) is 9.97 Å². The molecule has 0 spiro atoms. The molecule has 0 atom stereocenters. The summed E-state index contributed by atoms with van der Waals surface area (Å²) in [6.45, 7) is 1.67. The summed E-state index contributed by atoms with van der Waals surface area (Å²) < 4.78 is 5.06. The number of hydrogen-bond donors (Lipinski definition) is 3. The zero-order valence-corrected chi connectivity index (χ0v) is 16.5. The lowest BCUT2D eigenvalue weighted by Gasteiger charge is -2.08. The number of Topliss-reactive ketones (excluding diaryl/α,β-unsaturated/α-hetero) is 1. The molecule has 4 rings (SSSR count). The van der Waals surface area contributed by atoms with Crippen LogP contribution < -0.4 is 10.9 Å². The Morgan fingerprint density at radius 1 is 1.03 bits per heavy atom. The predicted molar refractivity (Wildman–Crippen MR) is 117 cm³/mol. The van der Waals surface area contributed by atoms with Gasteiger partial charge in [-0.05, 0) is 43.0 Å². The Morgan fingerprint density at radius 2 is 1.87 bits per heavy atom. The third kappa shape index (κ3) is 4.10. The van der Waals surface area contributed by atoms with E-state index in [0.717, 1.165) is 21.9 Å². The summed E-state index contributed by atoms with van der Waals surface area (Å²) >= 11 is 0. The van der Waals surface area contributed by atoms with E-state index >= 15 is 0 Å². The topological polar surface area (TPSA) is 104 Å². The molecule has 0 bridgehead atoms. The number of nitrogens with one attached hydrogen (secondary N) is 3. The van der Waals surface area contributed by atoms with Gasteiger partial charge in [0.2, 0.25) is 0 Å². The highest BCUT2D eigenvalue weighted by molar-refractivity contribution is 5.98. The van der Waals surface area contributed by atoms with Crippen LogP contribution in [-0.4, -0.2) is 28.5 Å². The van der Waals surface area contributed by atoms with Gasteiger partial charge in [0.1, 0.15) is 5.78 Å². The first-order valence-electron chi connectivity index (χ1n) is 9.68. The zero-order chi connectivity index (χ0) is 21.1. The normalized spacial score (nSPS) is 11.0. The lowest BCUT2D eigenvalue weighted by Crippen LogP contribution is -2.15. The molecule has 3 N–H and O–H groups in total. The van der Waals surface area contributed by atoms with Crippen LogP contribution in [0.25, 0.3) is 32.9 Å². The summed E-state index contributed by atoms with van der Waals surface area (Å²) in [5.74, 6) is 0.0597. The summed E-state index contributed by atoms with van der Waals surface area (Å²) in [7, 11) is 0. The predicted octanol–water partition coefficient (Wildman–Crippen LogP) is 4.59. The minimum absolute atomic E-state index is 0.0597. The van der Waals surface area contributed by atoms with E-state index in [-0.39, 0.29) is 17.9 Å². The fourth-order valence-corrected chi connectivity index (χ4v) is 3.41. The summed E-state index contributed by atoms with van der Waals surface area (Å²) in [6, 6.07) is 14.9. The average Bonchev–Trinajstić information content (AvgIpc) is 3.14.